The Bertz CT molecular complexity index is 511. The molecular formula is C9H9N7. The van der Waals surface area contributed by atoms with Crippen LogP contribution in [-0.4, -0.2) is 20.6 Å². The van der Waals surface area contributed by atoms with Gasteiger partial charge in [-0.25, -0.2) is 0 Å². The molecule has 0 saturated heterocycles. The fourth-order valence-corrected chi connectivity index (χ4v) is 1.22. The number of H-pyrrole nitrogens is 1. The molecule has 0 bridgehead atoms. The Morgan fingerprint density at radius 3 is 3.00 bits per heavy atom. The summed E-state index contributed by atoms with van der Waals surface area (Å²) in [7, 11) is 0. The molecule has 0 fully saturated rings. The second-order valence-corrected chi connectivity index (χ2v) is 3.10. The maximum atomic E-state index is 8.67. The second kappa shape index (κ2) is 4.27. The average molecular weight is 215 g/mol. The number of tetrazole rings is 1. The standard InChI is InChI=1S/C9H9N7/c10-4-6-1-2-8(7(11)3-6)12-5-9-13-15-16-14-9/h1-3,12H,5,11H2,(H,13,14,15,16). The number of nitrogen functional groups attached to an aromatic ring is 1. The highest BCUT2D eigenvalue weighted by Gasteiger charge is 2.02. The van der Waals surface area contributed by atoms with Crippen molar-refractivity contribution in [2.75, 3.05) is 11.1 Å². The molecule has 7 heteroatoms. The monoisotopic (exact) mass is 215 g/mol. The normalized spacial score (nSPS) is 9.69. The van der Waals surface area contributed by atoms with Crippen LogP contribution in [0.25, 0.3) is 0 Å². The molecule has 0 saturated carbocycles. The van der Waals surface area contributed by atoms with Gasteiger partial charge in [0.1, 0.15) is 0 Å². The summed E-state index contributed by atoms with van der Waals surface area (Å²) in [5.41, 5.74) is 7.54. The summed E-state index contributed by atoms with van der Waals surface area (Å²) in [5.74, 6) is 0.545. The topological polar surface area (TPSA) is 116 Å². The van der Waals surface area contributed by atoms with E-state index in [0.29, 0.717) is 23.6 Å². The minimum atomic E-state index is 0.423. The third-order valence-electron chi connectivity index (χ3n) is 2.01. The highest BCUT2D eigenvalue weighted by Crippen LogP contribution is 2.19. The molecule has 0 aliphatic rings. The fourth-order valence-electron chi connectivity index (χ4n) is 1.22. The van der Waals surface area contributed by atoms with Crippen molar-refractivity contribution in [3.8, 4) is 6.07 Å². The molecule has 7 nitrogen and oxygen atoms in total. The smallest absolute Gasteiger partial charge is 0.193 e. The first-order valence-electron chi connectivity index (χ1n) is 4.55. The largest absolute Gasteiger partial charge is 0.397 e. The molecule has 0 spiro atoms. The van der Waals surface area contributed by atoms with Crippen LogP contribution in [0.4, 0.5) is 11.4 Å². The maximum Gasteiger partial charge on any atom is 0.193 e. The predicted octanol–water partition coefficient (Wildman–Crippen LogP) is 0.266. The molecule has 0 radical (unpaired) electrons. The first-order chi connectivity index (χ1) is 7.79. The zero-order valence-corrected chi connectivity index (χ0v) is 8.31. The van der Waals surface area contributed by atoms with Gasteiger partial charge in [-0.2, -0.15) is 10.5 Å². The lowest BCUT2D eigenvalue weighted by Crippen LogP contribution is -2.04. The number of aromatic nitrogens is 4. The van der Waals surface area contributed by atoms with Crippen LogP contribution in [0, 0.1) is 11.3 Å². The van der Waals surface area contributed by atoms with Gasteiger partial charge >= 0.3 is 0 Å². The van der Waals surface area contributed by atoms with Crippen molar-refractivity contribution in [3.05, 3.63) is 29.6 Å². The third-order valence-corrected chi connectivity index (χ3v) is 2.01. The Morgan fingerprint density at radius 1 is 1.50 bits per heavy atom. The molecule has 0 aliphatic carbocycles. The summed E-state index contributed by atoms with van der Waals surface area (Å²) >= 11 is 0. The second-order valence-electron chi connectivity index (χ2n) is 3.10. The van der Waals surface area contributed by atoms with E-state index >= 15 is 0 Å². The summed E-state index contributed by atoms with van der Waals surface area (Å²) in [6.45, 7) is 0.423. The van der Waals surface area contributed by atoms with Gasteiger partial charge in [0.15, 0.2) is 5.82 Å². The van der Waals surface area contributed by atoms with Crippen LogP contribution in [0.2, 0.25) is 0 Å². The first kappa shape index (κ1) is 9.92. The third kappa shape index (κ3) is 2.06. The van der Waals surface area contributed by atoms with Gasteiger partial charge in [0.2, 0.25) is 0 Å². The zero-order valence-electron chi connectivity index (χ0n) is 8.31. The van der Waals surface area contributed by atoms with Crippen molar-refractivity contribution in [2.24, 2.45) is 0 Å². The number of anilines is 2. The Hall–Kier alpha value is -2.62. The summed E-state index contributed by atoms with van der Waals surface area (Å²) in [6.07, 6.45) is 0. The lowest BCUT2D eigenvalue weighted by molar-refractivity contribution is 0.881. The number of nitrogens with one attached hydrogen (secondary N) is 2. The minimum Gasteiger partial charge on any atom is -0.397 e. The Balaban J connectivity index is 2.08. The van der Waals surface area contributed by atoms with Crippen LogP contribution < -0.4 is 11.1 Å². The average Bonchev–Trinajstić information content (AvgIpc) is 2.80. The molecule has 0 amide bonds. The van der Waals surface area contributed by atoms with Crippen molar-refractivity contribution >= 4 is 11.4 Å². The van der Waals surface area contributed by atoms with Crippen molar-refractivity contribution < 1.29 is 0 Å². The van der Waals surface area contributed by atoms with Gasteiger partial charge in [-0.1, -0.05) is 5.21 Å². The SMILES string of the molecule is N#Cc1ccc(NCc2nn[nH]n2)c(N)c1. The van der Waals surface area contributed by atoms with E-state index in [9.17, 15) is 0 Å². The van der Waals surface area contributed by atoms with Gasteiger partial charge in [0, 0.05) is 0 Å². The zero-order chi connectivity index (χ0) is 11.4. The molecule has 2 rings (SSSR count). The van der Waals surface area contributed by atoms with Gasteiger partial charge in [-0.05, 0) is 18.2 Å². The molecule has 16 heavy (non-hydrogen) atoms. The van der Waals surface area contributed by atoms with E-state index in [1.807, 2.05) is 6.07 Å². The minimum absolute atomic E-state index is 0.423. The number of rotatable bonds is 3. The van der Waals surface area contributed by atoms with E-state index in [0.717, 1.165) is 5.69 Å². The maximum absolute atomic E-state index is 8.67. The molecule has 1 heterocycles. The number of nitrogens with zero attached hydrogens (tertiary/aromatic N) is 4. The highest BCUT2D eigenvalue weighted by molar-refractivity contribution is 5.68. The first-order valence-corrected chi connectivity index (χ1v) is 4.55. The van der Waals surface area contributed by atoms with Crippen LogP contribution in [-0.2, 0) is 6.54 Å². The predicted molar refractivity (Wildman–Crippen MR) is 57.1 cm³/mol. The summed E-state index contributed by atoms with van der Waals surface area (Å²) < 4.78 is 0. The van der Waals surface area contributed by atoms with E-state index in [4.69, 9.17) is 11.0 Å². The van der Waals surface area contributed by atoms with Gasteiger partial charge in [0.05, 0.1) is 29.6 Å². The highest BCUT2D eigenvalue weighted by atomic mass is 15.5. The molecule has 0 atom stereocenters. The molecular weight excluding hydrogens is 206 g/mol. The van der Waals surface area contributed by atoms with Gasteiger partial charge in [0.25, 0.3) is 0 Å². The van der Waals surface area contributed by atoms with E-state index in [2.05, 4.69) is 25.9 Å². The van der Waals surface area contributed by atoms with Crippen LogP contribution in [0.1, 0.15) is 11.4 Å². The van der Waals surface area contributed by atoms with Crippen LogP contribution in [0.15, 0.2) is 18.2 Å². The van der Waals surface area contributed by atoms with Crippen LogP contribution >= 0.6 is 0 Å². The number of benzene rings is 1. The van der Waals surface area contributed by atoms with Crippen molar-refractivity contribution in [1.82, 2.24) is 20.6 Å². The van der Waals surface area contributed by atoms with Gasteiger partial charge in [-0.15, -0.1) is 10.2 Å². The number of nitrogens with two attached hydrogens (primary N) is 1. The molecule has 0 unspecified atom stereocenters. The van der Waals surface area contributed by atoms with Crippen molar-refractivity contribution in [1.29, 1.82) is 5.26 Å². The molecule has 0 aliphatic heterocycles. The Kier molecular flexibility index (Phi) is 2.65. The van der Waals surface area contributed by atoms with Crippen LogP contribution in [0.5, 0.6) is 0 Å². The fraction of sp³-hybridized carbons (Fsp3) is 0.111. The summed E-state index contributed by atoms with van der Waals surface area (Å²) in [5, 5.41) is 25.1. The van der Waals surface area contributed by atoms with E-state index < -0.39 is 0 Å². The molecule has 80 valence electrons. The molecule has 1 aromatic heterocycles. The molecule has 4 N–H and O–H groups in total. The van der Waals surface area contributed by atoms with Crippen LogP contribution in [0.3, 0.4) is 0 Å². The van der Waals surface area contributed by atoms with Crippen molar-refractivity contribution in [3.63, 3.8) is 0 Å². The number of nitriles is 1. The lowest BCUT2D eigenvalue weighted by atomic mass is 10.2. The Morgan fingerprint density at radius 2 is 2.38 bits per heavy atom. The quantitative estimate of drug-likeness (QED) is 0.632. The van der Waals surface area contributed by atoms with Gasteiger partial charge < -0.3 is 11.1 Å². The van der Waals surface area contributed by atoms with E-state index in [1.165, 1.54) is 0 Å². The number of hydrogen-bond acceptors (Lipinski definition) is 6. The van der Waals surface area contributed by atoms with E-state index in [1.54, 1.807) is 18.2 Å². The van der Waals surface area contributed by atoms with E-state index in [-0.39, 0.29) is 0 Å². The number of hydrogen-bond donors (Lipinski definition) is 3. The lowest BCUT2D eigenvalue weighted by Gasteiger charge is -2.06. The van der Waals surface area contributed by atoms with Gasteiger partial charge in [-0.3, -0.25) is 0 Å². The summed E-state index contributed by atoms with van der Waals surface area (Å²) in [6, 6.07) is 7.06. The summed E-state index contributed by atoms with van der Waals surface area (Å²) in [4.78, 5) is 0. The van der Waals surface area contributed by atoms with Crippen molar-refractivity contribution in [2.45, 2.75) is 6.54 Å². The molecule has 2 aromatic rings. The molecule has 1 aromatic carbocycles. The Labute approximate surface area is 91.3 Å². The number of aromatic amines is 1.